The molecule has 0 aromatic heterocycles. The second-order valence-electron chi connectivity index (χ2n) is 5.05. The van der Waals surface area contributed by atoms with E-state index in [4.69, 9.17) is 0 Å². The zero-order valence-electron chi connectivity index (χ0n) is 12.2. The lowest BCUT2D eigenvalue weighted by atomic mass is 9.99. The van der Waals surface area contributed by atoms with E-state index >= 15 is 0 Å². The molecule has 1 aromatic rings. The van der Waals surface area contributed by atoms with Crippen LogP contribution in [0.25, 0.3) is 0 Å². The molecule has 0 saturated carbocycles. The number of benzene rings is 1. The summed E-state index contributed by atoms with van der Waals surface area (Å²) in [4.78, 5) is 9.98. The van der Waals surface area contributed by atoms with Crippen molar-refractivity contribution in [3.63, 3.8) is 0 Å². The lowest BCUT2D eigenvalue weighted by molar-refractivity contribution is -0.387. The highest BCUT2D eigenvalue weighted by Crippen LogP contribution is 2.20. The fourth-order valence-electron chi connectivity index (χ4n) is 2.20. The monoisotopic (exact) mass is 282 g/mol. The molecule has 1 aromatic carbocycles. The van der Waals surface area contributed by atoms with Crippen LogP contribution in [0.2, 0.25) is 0 Å². The van der Waals surface area contributed by atoms with Gasteiger partial charge in [0, 0.05) is 18.2 Å². The minimum absolute atomic E-state index is 0.330. The molecular formula is C15H23FN2O2. The Morgan fingerprint density at radius 3 is 2.75 bits per heavy atom. The van der Waals surface area contributed by atoms with Crippen molar-refractivity contribution in [2.75, 3.05) is 6.54 Å². The smallest absolute Gasteiger partial charge is 0.305 e. The molecule has 20 heavy (non-hydrogen) atoms. The topological polar surface area (TPSA) is 55.2 Å². The predicted octanol–water partition coefficient (Wildman–Crippen LogP) is 4.04. The Hall–Kier alpha value is -1.49. The van der Waals surface area contributed by atoms with E-state index in [9.17, 15) is 14.5 Å². The van der Waals surface area contributed by atoms with Gasteiger partial charge < -0.3 is 5.32 Å². The number of nitrogens with one attached hydrogen (secondary N) is 1. The summed E-state index contributed by atoms with van der Waals surface area (Å²) < 4.78 is 13.9. The van der Waals surface area contributed by atoms with Gasteiger partial charge in [0.05, 0.1) is 4.92 Å². The Balaban J connectivity index is 2.53. The van der Waals surface area contributed by atoms with Gasteiger partial charge in [-0.1, -0.05) is 45.2 Å². The first-order chi connectivity index (χ1) is 9.60. The normalized spacial score (nSPS) is 12.3. The SMILES string of the molecule is CCCCC(CC)CNCc1cccc([N+](=O)[O-])c1F. The minimum Gasteiger partial charge on any atom is -0.312 e. The number of nitrogens with zero attached hydrogens (tertiary/aromatic N) is 1. The first kappa shape index (κ1) is 16.6. The van der Waals surface area contributed by atoms with Gasteiger partial charge in [0.2, 0.25) is 5.82 Å². The van der Waals surface area contributed by atoms with E-state index in [2.05, 4.69) is 19.2 Å². The van der Waals surface area contributed by atoms with E-state index in [1.54, 1.807) is 6.07 Å². The van der Waals surface area contributed by atoms with Crippen LogP contribution >= 0.6 is 0 Å². The van der Waals surface area contributed by atoms with Crippen LogP contribution in [-0.2, 0) is 6.54 Å². The molecule has 0 aliphatic carbocycles. The van der Waals surface area contributed by atoms with Crippen molar-refractivity contribution in [3.05, 3.63) is 39.7 Å². The fraction of sp³-hybridized carbons (Fsp3) is 0.600. The zero-order valence-corrected chi connectivity index (χ0v) is 12.2. The zero-order chi connectivity index (χ0) is 15.0. The van der Waals surface area contributed by atoms with Crippen LogP contribution in [0.1, 0.15) is 45.1 Å². The maximum atomic E-state index is 13.9. The Kier molecular flexibility index (Phi) is 7.15. The lowest BCUT2D eigenvalue weighted by Gasteiger charge is -2.15. The third-order valence-corrected chi connectivity index (χ3v) is 3.55. The molecule has 0 aliphatic rings. The number of unbranched alkanes of at least 4 members (excludes halogenated alkanes) is 1. The van der Waals surface area contributed by atoms with Crippen molar-refractivity contribution in [3.8, 4) is 0 Å². The van der Waals surface area contributed by atoms with Gasteiger partial charge in [0.15, 0.2) is 0 Å². The molecule has 0 saturated heterocycles. The summed E-state index contributed by atoms with van der Waals surface area (Å²) in [6.45, 7) is 5.46. The van der Waals surface area contributed by atoms with E-state index in [0.29, 0.717) is 18.0 Å². The van der Waals surface area contributed by atoms with Crippen LogP contribution in [0.4, 0.5) is 10.1 Å². The molecule has 0 heterocycles. The Bertz CT molecular complexity index is 438. The maximum absolute atomic E-state index is 13.9. The summed E-state index contributed by atoms with van der Waals surface area (Å²) >= 11 is 0. The Labute approximate surface area is 119 Å². The average molecular weight is 282 g/mol. The Morgan fingerprint density at radius 2 is 2.15 bits per heavy atom. The highest BCUT2D eigenvalue weighted by molar-refractivity contribution is 5.36. The van der Waals surface area contributed by atoms with Gasteiger partial charge in [-0.3, -0.25) is 10.1 Å². The van der Waals surface area contributed by atoms with Crippen LogP contribution in [-0.4, -0.2) is 11.5 Å². The molecule has 5 heteroatoms. The molecule has 1 atom stereocenters. The molecule has 1 N–H and O–H groups in total. The molecule has 1 unspecified atom stereocenters. The number of hydrogen-bond donors (Lipinski definition) is 1. The molecule has 0 spiro atoms. The van der Waals surface area contributed by atoms with Crippen LogP contribution in [0, 0.1) is 21.8 Å². The number of rotatable bonds is 9. The van der Waals surface area contributed by atoms with Crippen LogP contribution < -0.4 is 5.32 Å². The molecule has 4 nitrogen and oxygen atoms in total. The predicted molar refractivity (Wildman–Crippen MR) is 78.1 cm³/mol. The number of nitro groups is 1. The van der Waals surface area contributed by atoms with Crippen molar-refractivity contribution < 1.29 is 9.31 Å². The first-order valence-corrected chi connectivity index (χ1v) is 7.22. The van der Waals surface area contributed by atoms with E-state index in [-0.39, 0.29) is 0 Å². The second kappa shape index (κ2) is 8.64. The van der Waals surface area contributed by atoms with E-state index in [1.165, 1.54) is 25.0 Å². The summed E-state index contributed by atoms with van der Waals surface area (Å²) in [7, 11) is 0. The molecule has 0 bridgehead atoms. The molecule has 0 aliphatic heterocycles. The summed E-state index contributed by atoms with van der Waals surface area (Å²) in [5.41, 5.74) is -0.105. The summed E-state index contributed by atoms with van der Waals surface area (Å²) in [6, 6.07) is 4.30. The van der Waals surface area contributed by atoms with Gasteiger partial charge in [0.25, 0.3) is 0 Å². The van der Waals surface area contributed by atoms with Crippen molar-refractivity contribution in [1.82, 2.24) is 5.32 Å². The van der Waals surface area contributed by atoms with Crippen molar-refractivity contribution in [2.24, 2.45) is 5.92 Å². The van der Waals surface area contributed by atoms with Gasteiger partial charge in [-0.2, -0.15) is 4.39 Å². The first-order valence-electron chi connectivity index (χ1n) is 7.22. The molecule has 0 amide bonds. The van der Waals surface area contributed by atoms with Crippen molar-refractivity contribution >= 4 is 5.69 Å². The van der Waals surface area contributed by atoms with Crippen molar-refractivity contribution in [1.29, 1.82) is 0 Å². The summed E-state index contributed by atoms with van der Waals surface area (Å²) in [5, 5.41) is 13.9. The quantitative estimate of drug-likeness (QED) is 0.549. The van der Waals surface area contributed by atoms with Crippen molar-refractivity contribution in [2.45, 2.75) is 46.1 Å². The molecule has 0 radical (unpaired) electrons. The molecule has 112 valence electrons. The number of nitro benzene ring substituents is 1. The molecule has 0 fully saturated rings. The van der Waals surface area contributed by atoms with Gasteiger partial charge in [-0.25, -0.2) is 0 Å². The average Bonchev–Trinajstić information content (AvgIpc) is 2.44. The maximum Gasteiger partial charge on any atom is 0.305 e. The third kappa shape index (κ3) is 4.89. The van der Waals surface area contributed by atoms with E-state index < -0.39 is 16.4 Å². The molecular weight excluding hydrogens is 259 g/mol. The highest BCUT2D eigenvalue weighted by atomic mass is 19.1. The highest BCUT2D eigenvalue weighted by Gasteiger charge is 2.16. The summed E-state index contributed by atoms with van der Waals surface area (Å²) in [5.74, 6) is -0.150. The van der Waals surface area contributed by atoms with Gasteiger partial charge in [-0.05, 0) is 18.9 Å². The van der Waals surface area contributed by atoms with Gasteiger partial charge >= 0.3 is 5.69 Å². The third-order valence-electron chi connectivity index (χ3n) is 3.55. The fourth-order valence-corrected chi connectivity index (χ4v) is 2.20. The minimum atomic E-state index is -0.730. The van der Waals surface area contributed by atoms with Gasteiger partial charge in [-0.15, -0.1) is 0 Å². The second-order valence-corrected chi connectivity index (χ2v) is 5.05. The summed E-state index contributed by atoms with van der Waals surface area (Å²) in [6.07, 6.45) is 4.63. The molecule has 1 rings (SSSR count). The van der Waals surface area contributed by atoms with Crippen LogP contribution in [0.15, 0.2) is 18.2 Å². The van der Waals surface area contributed by atoms with Gasteiger partial charge in [0.1, 0.15) is 0 Å². The number of hydrogen-bond acceptors (Lipinski definition) is 3. The standard InChI is InChI=1S/C15H23FN2O2/c1-3-5-7-12(4-2)10-17-11-13-8-6-9-14(15(13)16)18(19)20/h6,8-9,12,17H,3-5,7,10-11H2,1-2H3. The van der Waals surface area contributed by atoms with Crippen LogP contribution in [0.3, 0.4) is 0 Å². The van der Waals surface area contributed by atoms with E-state index in [1.807, 2.05) is 0 Å². The van der Waals surface area contributed by atoms with E-state index in [0.717, 1.165) is 19.4 Å². The Morgan fingerprint density at radius 1 is 1.40 bits per heavy atom. The largest absolute Gasteiger partial charge is 0.312 e. The number of halogens is 1. The lowest BCUT2D eigenvalue weighted by Crippen LogP contribution is -2.22. The van der Waals surface area contributed by atoms with Crippen LogP contribution in [0.5, 0.6) is 0 Å².